The average Bonchev–Trinajstić information content (AvgIpc) is 2.90. The van der Waals surface area contributed by atoms with Gasteiger partial charge < -0.3 is 0 Å². The third-order valence-electron chi connectivity index (χ3n) is 7.23. The molecule has 0 aliphatic rings. The van der Waals surface area contributed by atoms with Crippen LogP contribution in [0.5, 0.6) is 0 Å². The predicted octanol–water partition coefficient (Wildman–Crippen LogP) is 8.93. The van der Waals surface area contributed by atoms with Gasteiger partial charge in [-0.1, -0.05) is 133 Å². The Labute approximate surface area is 210 Å². The molecule has 0 aliphatic carbocycles. The van der Waals surface area contributed by atoms with E-state index in [9.17, 15) is 0 Å². The first-order valence-electron chi connectivity index (χ1n) is 13.8. The van der Waals surface area contributed by atoms with Crippen LogP contribution in [0.4, 0.5) is 0 Å². The molecule has 3 aromatic carbocycles. The van der Waals surface area contributed by atoms with E-state index in [1.807, 2.05) is 0 Å². The molecule has 0 aromatic heterocycles. The van der Waals surface area contributed by atoms with Crippen LogP contribution in [0.2, 0.25) is 0 Å². The quantitative estimate of drug-likeness (QED) is 0.144. The van der Waals surface area contributed by atoms with Crippen molar-refractivity contribution in [2.75, 3.05) is 6.16 Å². The van der Waals surface area contributed by atoms with Gasteiger partial charge >= 0.3 is 0 Å². The van der Waals surface area contributed by atoms with Crippen LogP contribution in [0.25, 0.3) is 0 Å². The van der Waals surface area contributed by atoms with Crippen molar-refractivity contribution >= 4 is 23.2 Å². The van der Waals surface area contributed by atoms with Crippen molar-refractivity contribution in [3.8, 4) is 0 Å². The number of rotatable bonds is 16. The zero-order chi connectivity index (χ0) is 23.9. The Hall–Kier alpha value is -1.91. The number of unbranched alkanes of at least 4 members (excludes halogenated alkanes) is 9. The Kier molecular flexibility index (Phi) is 11.9. The summed E-state index contributed by atoms with van der Waals surface area (Å²) < 4.78 is 0. The van der Waals surface area contributed by atoms with Crippen molar-refractivity contribution in [3.05, 3.63) is 91.0 Å². The lowest BCUT2D eigenvalue weighted by molar-refractivity contribution is 0.508. The molecule has 0 fully saturated rings. The third-order valence-corrected chi connectivity index (χ3v) is 11.9. The minimum absolute atomic E-state index is 0.711. The molecular weight excluding hydrogens is 427 g/mol. The third kappa shape index (κ3) is 7.81. The molecule has 0 saturated carbocycles. The fraction of sp³-hybridized carbons (Fsp3) is 0.455. The van der Waals surface area contributed by atoms with E-state index >= 15 is 0 Å². The number of hydrogen-bond donors (Lipinski definition) is 0. The second kappa shape index (κ2) is 15.2. The summed E-state index contributed by atoms with van der Waals surface area (Å²) in [6.45, 7) is 4.80. The van der Waals surface area contributed by atoms with Crippen molar-refractivity contribution < 1.29 is 0 Å². The fourth-order valence-electron chi connectivity index (χ4n) is 5.35. The first-order valence-corrected chi connectivity index (χ1v) is 15.8. The van der Waals surface area contributed by atoms with Gasteiger partial charge in [-0.05, 0) is 48.7 Å². The van der Waals surface area contributed by atoms with Gasteiger partial charge in [0.2, 0.25) is 0 Å². The Bertz CT molecular complexity index is 791. The zero-order valence-corrected chi connectivity index (χ0v) is 22.6. The van der Waals surface area contributed by atoms with E-state index in [1.54, 1.807) is 0 Å². The molecule has 0 radical (unpaired) electrons. The lowest BCUT2D eigenvalue weighted by Gasteiger charge is -2.30. The van der Waals surface area contributed by atoms with Gasteiger partial charge in [-0.2, -0.15) is 0 Å². The Morgan fingerprint density at radius 1 is 0.500 bits per heavy atom. The molecule has 1 heteroatoms. The number of benzene rings is 3. The van der Waals surface area contributed by atoms with Gasteiger partial charge in [-0.3, -0.25) is 0 Å². The van der Waals surface area contributed by atoms with Crippen LogP contribution in [0.3, 0.4) is 0 Å². The second-order valence-electron chi connectivity index (χ2n) is 10.1. The van der Waals surface area contributed by atoms with Crippen LogP contribution < -0.4 is 15.9 Å². The Morgan fingerprint density at radius 2 is 0.853 bits per heavy atom. The van der Waals surface area contributed by atoms with E-state index in [0.717, 1.165) is 0 Å². The molecule has 3 rings (SSSR count). The average molecular weight is 474 g/mol. The van der Waals surface area contributed by atoms with E-state index in [4.69, 9.17) is 0 Å². The van der Waals surface area contributed by atoms with Crippen LogP contribution in [0.1, 0.15) is 84.5 Å². The van der Waals surface area contributed by atoms with E-state index in [2.05, 4.69) is 105 Å². The number of hydrogen-bond acceptors (Lipinski definition) is 0. The monoisotopic (exact) mass is 473 g/mol. The van der Waals surface area contributed by atoms with Gasteiger partial charge in [0.05, 0.1) is 6.16 Å². The van der Waals surface area contributed by atoms with Crippen LogP contribution in [0.15, 0.2) is 91.0 Å². The highest BCUT2D eigenvalue weighted by atomic mass is 31.2. The van der Waals surface area contributed by atoms with E-state index < -0.39 is 7.26 Å². The fourth-order valence-corrected chi connectivity index (χ4v) is 10.0. The maximum atomic E-state index is 2.50. The lowest BCUT2D eigenvalue weighted by atomic mass is 10.0. The van der Waals surface area contributed by atoms with Gasteiger partial charge in [-0.15, -0.1) is 0 Å². The molecule has 3 aromatic rings. The molecule has 0 bridgehead atoms. The first-order chi connectivity index (χ1) is 16.8. The SMILES string of the molecule is CCCCCCCCCCCC[C@@H](C)C[P+](c1ccccc1)(c1ccccc1)c1ccccc1. The predicted molar refractivity (Wildman–Crippen MR) is 156 cm³/mol. The van der Waals surface area contributed by atoms with Gasteiger partial charge in [0.25, 0.3) is 0 Å². The van der Waals surface area contributed by atoms with Crippen LogP contribution >= 0.6 is 7.26 Å². The summed E-state index contributed by atoms with van der Waals surface area (Å²) in [5.74, 6) is 0.711. The standard InChI is InChI=1S/C33H46P/c1-3-4-5-6-7-8-9-10-11-15-22-30(2)29-34(31-23-16-12-17-24-31,32-25-18-13-19-26-32)33-27-20-14-21-28-33/h12-14,16-21,23-28,30H,3-11,15,22,29H2,1-2H3/q+1/t30-/m1/s1. The second-order valence-corrected chi connectivity index (χ2v) is 13.6. The summed E-state index contributed by atoms with van der Waals surface area (Å²) >= 11 is 0. The minimum Gasteiger partial charge on any atom is -0.0654 e. The summed E-state index contributed by atoms with van der Waals surface area (Å²) in [7, 11) is -1.69. The Balaban J connectivity index is 1.65. The van der Waals surface area contributed by atoms with E-state index in [0.29, 0.717) is 5.92 Å². The molecular formula is C33H46P+. The van der Waals surface area contributed by atoms with Crippen LogP contribution in [0, 0.1) is 5.92 Å². The highest BCUT2D eigenvalue weighted by Gasteiger charge is 2.45. The van der Waals surface area contributed by atoms with Crippen LogP contribution in [-0.2, 0) is 0 Å². The lowest BCUT2D eigenvalue weighted by Crippen LogP contribution is -2.35. The van der Waals surface area contributed by atoms with Crippen molar-refractivity contribution in [2.45, 2.75) is 84.5 Å². The molecule has 0 nitrogen and oxygen atoms in total. The maximum Gasteiger partial charge on any atom is 0.112 e. The van der Waals surface area contributed by atoms with Gasteiger partial charge in [0.1, 0.15) is 23.2 Å². The summed E-state index contributed by atoms with van der Waals surface area (Å²) in [6, 6.07) is 34.1. The smallest absolute Gasteiger partial charge is 0.0654 e. The molecule has 182 valence electrons. The minimum atomic E-state index is -1.69. The van der Waals surface area contributed by atoms with Gasteiger partial charge in [-0.25, -0.2) is 0 Å². The molecule has 0 aliphatic heterocycles. The summed E-state index contributed by atoms with van der Waals surface area (Å²) in [4.78, 5) is 0. The Morgan fingerprint density at radius 3 is 1.24 bits per heavy atom. The van der Waals surface area contributed by atoms with Crippen molar-refractivity contribution in [2.24, 2.45) is 5.92 Å². The molecule has 0 spiro atoms. The summed E-state index contributed by atoms with van der Waals surface area (Å²) in [5.41, 5.74) is 0. The molecule has 0 unspecified atom stereocenters. The largest absolute Gasteiger partial charge is 0.112 e. The maximum absolute atomic E-state index is 2.50. The van der Waals surface area contributed by atoms with E-state index in [-0.39, 0.29) is 0 Å². The topological polar surface area (TPSA) is 0 Å². The van der Waals surface area contributed by atoms with Crippen molar-refractivity contribution in [1.29, 1.82) is 0 Å². The van der Waals surface area contributed by atoms with Crippen molar-refractivity contribution in [3.63, 3.8) is 0 Å². The van der Waals surface area contributed by atoms with Gasteiger partial charge in [0.15, 0.2) is 0 Å². The highest BCUT2D eigenvalue weighted by Crippen LogP contribution is 2.57. The molecule has 0 N–H and O–H groups in total. The molecule has 0 heterocycles. The van der Waals surface area contributed by atoms with Crippen molar-refractivity contribution in [1.82, 2.24) is 0 Å². The van der Waals surface area contributed by atoms with E-state index in [1.165, 1.54) is 92.7 Å². The molecule has 34 heavy (non-hydrogen) atoms. The molecule has 0 saturated heterocycles. The zero-order valence-electron chi connectivity index (χ0n) is 21.7. The van der Waals surface area contributed by atoms with Gasteiger partial charge in [0, 0.05) is 0 Å². The highest BCUT2D eigenvalue weighted by molar-refractivity contribution is 7.95. The first kappa shape index (κ1) is 26.7. The molecule has 0 amide bonds. The summed E-state index contributed by atoms with van der Waals surface area (Å²) in [6.07, 6.45) is 16.7. The molecule has 1 atom stereocenters. The normalized spacial score (nSPS) is 12.5. The summed E-state index contributed by atoms with van der Waals surface area (Å²) in [5, 5.41) is 4.55. The van der Waals surface area contributed by atoms with Crippen LogP contribution in [-0.4, -0.2) is 6.16 Å².